The van der Waals surface area contributed by atoms with Crippen molar-refractivity contribution in [3.05, 3.63) is 34.9 Å². The molecule has 0 radical (unpaired) electrons. The van der Waals surface area contributed by atoms with E-state index in [1.54, 1.807) is 40.6 Å². The summed E-state index contributed by atoms with van der Waals surface area (Å²) in [5.41, 5.74) is 2.88. The number of nitrogens with zero attached hydrogens (tertiary/aromatic N) is 1. The highest BCUT2D eigenvalue weighted by Crippen LogP contribution is 2.51. The van der Waals surface area contributed by atoms with Crippen LogP contribution >= 0.6 is 0 Å². The van der Waals surface area contributed by atoms with E-state index in [-0.39, 0.29) is 12.8 Å². The molecule has 168 valence electrons. The quantitative estimate of drug-likeness (QED) is 0.717. The summed E-state index contributed by atoms with van der Waals surface area (Å²) in [5.74, 6) is 3.53. The highest BCUT2D eigenvalue weighted by Gasteiger charge is 2.35. The average molecular weight is 431 g/mol. The summed E-state index contributed by atoms with van der Waals surface area (Å²) in [5, 5.41) is 11.2. The fraction of sp³-hybridized carbons (Fsp3) is 0.478. The molecule has 8 heteroatoms. The fourth-order valence-electron chi connectivity index (χ4n) is 4.46. The van der Waals surface area contributed by atoms with Crippen LogP contribution in [0.15, 0.2) is 18.2 Å². The Morgan fingerprint density at radius 3 is 2.29 bits per heavy atom. The van der Waals surface area contributed by atoms with E-state index in [1.807, 2.05) is 6.07 Å². The van der Waals surface area contributed by atoms with Crippen LogP contribution in [0.25, 0.3) is 0 Å². The van der Waals surface area contributed by atoms with Gasteiger partial charge in [0.25, 0.3) is 0 Å². The van der Waals surface area contributed by atoms with Crippen molar-refractivity contribution in [2.75, 3.05) is 48.8 Å². The predicted octanol–water partition coefficient (Wildman–Crippen LogP) is 3.10. The fourth-order valence-corrected chi connectivity index (χ4v) is 4.46. The predicted molar refractivity (Wildman–Crippen MR) is 114 cm³/mol. The van der Waals surface area contributed by atoms with Crippen LogP contribution < -0.4 is 28.4 Å². The average Bonchev–Trinajstić information content (AvgIpc) is 3.26. The van der Waals surface area contributed by atoms with Gasteiger partial charge < -0.3 is 33.5 Å². The maximum Gasteiger partial charge on any atom is 0.231 e. The summed E-state index contributed by atoms with van der Waals surface area (Å²) in [7, 11) is 8.37. The summed E-state index contributed by atoms with van der Waals surface area (Å²) in [6.45, 7) is 1.05. The summed E-state index contributed by atoms with van der Waals surface area (Å²) in [6.07, 6.45) is 0.565. The molecule has 0 spiro atoms. The molecule has 2 atom stereocenters. The molecule has 2 heterocycles. The molecule has 2 aliphatic heterocycles. The molecule has 0 saturated carbocycles. The monoisotopic (exact) mass is 431 g/mol. The number of ether oxygens (including phenoxy) is 6. The molecule has 4 rings (SSSR count). The molecule has 0 aliphatic carbocycles. The molecule has 0 unspecified atom stereocenters. The number of hydrogen-bond acceptors (Lipinski definition) is 8. The number of aliphatic hydroxyl groups excluding tert-OH is 1. The van der Waals surface area contributed by atoms with Crippen LogP contribution in [0.2, 0.25) is 0 Å². The number of aliphatic hydroxyl groups is 1. The Hall–Kier alpha value is -2.84. The maximum absolute atomic E-state index is 11.2. The van der Waals surface area contributed by atoms with Gasteiger partial charge in [0.15, 0.2) is 23.0 Å². The van der Waals surface area contributed by atoms with Crippen LogP contribution in [0.1, 0.15) is 35.3 Å². The van der Waals surface area contributed by atoms with Crippen molar-refractivity contribution in [3.63, 3.8) is 0 Å². The molecule has 8 nitrogen and oxygen atoms in total. The zero-order chi connectivity index (χ0) is 22.1. The van der Waals surface area contributed by atoms with Gasteiger partial charge in [-0.2, -0.15) is 0 Å². The van der Waals surface area contributed by atoms with Crippen molar-refractivity contribution in [2.24, 2.45) is 0 Å². The van der Waals surface area contributed by atoms with Crippen LogP contribution in [-0.4, -0.2) is 58.8 Å². The number of hydrogen-bond donors (Lipinski definition) is 1. The summed E-state index contributed by atoms with van der Waals surface area (Å²) < 4.78 is 33.3. The lowest BCUT2D eigenvalue weighted by Crippen LogP contribution is -2.33. The minimum atomic E-state index is -0.762. The lowest BCUT2D eigenvalue weighted by Gasteiger charge is -2.37. The second-order valence-corrected chi connectivity index (χ2v) is 7.67. The van der Waals surface area contributed by atoms with Gasteiger partial charge in [-0.1, -0.05) is 0 Å². The van der Waals surface area contributed by atoms with Gasteiger partial charge in [0.1, 0.15) is 0 Å². The van der Waals surface area contributed by atoms with E-state index in [0.717, 1.165) is 24.1 Å². The van der Waals surface area contributed by atoms with Gasteiger partial charge in [-0.25, -0.2) is 0 Å². The van der Waals surface area contributed by atoms with Gasteiger partial charge in [0, 0.05) is 18.2 Å². The van der Waals surface area contributed by atoms with Crippen molar-refractivity contribution in [3.8, 4) is 34.5 Å². The second kappa shape index (κ2) is 8.72. The van der Waals surface area contributed by atoms with Gasteiger partial charge in [-0.05, 0) is 49.2 Å². The van der Waals surface area contributed by atoms with E-state index in [2.05, 4.69) is 11.9 Å². The highest BCUT2D eigenvalue weighted by molar-refractivity contribution is 5.62. The summed E-state index contributed by atoms with van der Waals surface area (Å²) in [4.78, 5) is 2.23. The standard InChI is InChI=1S/C23H29NO7/c1-24-7-6-13-8-19-22(31-12-30-19)23(29-5)20(13)15(24)11-16(25)14-9-17(26-2)21(28-4)18(10-14)27-3/h8-10,15-16,25H,6-7,11-12H2,1-5H3/t15-,16+/m1/s1. The summed E-state index contributed by atoms with van der Waals surface area (Å²) in [6, 6.07) is 5.54. The first kappa shape index (κ1) is 21.4. The van der Waals surface area contributed by atoms with Crippen LogP contribution in [0, 0.1) is 0 Å². The largest absolute Gasteiger partial charge is 0.493 e. The van der Waals surface area contributed by atoms with E-state index in [1.165, 1.54) is 0 Å². The molecule has 0 amide bonds. The van der Waals surface area contributed by atoms with E-state index in [9.17, 15) is 5.11 Å². The smallest absolute Gasteiger partial charge is 0.231 e. The molecule has 0 fully saturated rings. The van der Waals surface area contributed by atoms with E-state index >= 15 is 0 Å². The molecule has 0 bridgehead atoms. The molecule has 2 aromatic carbocycles. The zero-order valence-corrected chi connectivity index (χ0v) is 18.6. The Kier molecular flexibility index (Phi) is 6.02. The van der Waals surface area contributed by atoms with E-state index in [0.29, 0.717) is 46.5 Å². The van der Waals surface area contributed by atoms with Crippen molar-refractivity contribution in [1.29, 1.82) is 0 Å². The van der Waals surface area contributed by atoms with Gasteiger partial charge in [-0.3, -0.25) is 4.90 Å². The van der Waals surface area contributed by atoms with Crippen molar-refractivity contribution in [1.82, 2.24) is 4.90 Å². The molecule has 2 aromatic rings. The highest BCUT2D eigenvalue weighted by atomic mass is 16.7. The van der Waals surface area contributed by atoms with Gasteiger partial charge in [-0.15, -0.1) is 0 Å². The topological polar surface area (TPSA) is 78.9 Å². The molecule has 0 saturated heterocycles. The third-order valence-corrected chi connectivity index (χ3v) is 6.07. The molecule has 1 N–H and O–H groups in total. The van der Waals surface area contributed by atoms with Crippen LogP contribution in [-0.2, 0) is 6.42 Å². The van der Waals surface area contributed by atoms with E-state index in [4.69, 9.17) is 28.4 Å². The Balaban J connectivity index is 1.71. The first-order valence-corrected chi connectivity index (χ1v) is 10.2. The van der Waals surface area contributed by atoms with Crippen molar-refractivity contribution >= 4 is 0 Å². The van der Waals surface area contributed by atoms with Crippen LogP contribution in [0.5, 0.6) is 34.5 Å². The third-order valence-electron chi connectivity index (χ3n) is 6.07. The molecular formula is C23H29NO7. The zero-order valence-electron chi connectivity index (χ0n) is 18.6. The maximum atomic E-state index is 11.2. The Morgan fingerprint density at radius 1 is 1.00 bits per heavy atom. The van der Waals surface area contributed by atoms with Gasteiger partial charge in [0.05, 0.1) is 34.5 Å². The first-order chi connectivity index (χ1) is 15.0. The van der Waals surface area contributed by atoms with Crippen molar-refractivity contribution in [2.45, 2.75) is 25.0 Å². The molecular weight excluding hydrogens is 402 g/mol. The summed E-state index contributed by atoms with van der Waals surface area (Å²) >= 11 is 0. The van der Waals surface area contributed by atoms with E-state index < -0.39 is 6.10 Å². The van der Waals surface area contributed by atoms with Crippen LogP contribution in [0.4, 0.5) is 0 Å². The second-order valence-electron chi connectivity index (χ2n) is 7.67. The Morgan fingerprint density at radius 2 is 1.68 bits per heavy atom. The van der Waals surface area contributed by atoms with Crippen LogP contribution in [0.3, 0.4) is 0 Å². The molecule has 31 heavy (non-hydrogen) atoms. The minimum Gasteiger partial charge on any atom is -0.493 e. The normalized spacial score (nSPS) is 18.3. The SMILES string of the molecule is COc1cc([C@@H](O)C[C@@H]2c3c(cc4c(c3OC)OCO4)CCN2C)cc(OC)c1OC. The number of rotatable bonds is 7. The van der Waals surface area contributed by atoms with Gasteiger partial charge in [0.2, 0.25) is 18.3 Å². The lowest BCUT2D eigenvalue weighted by atomic mass is 9.87. The number of methoxy groups -OCH3 is 4. The number of fused-ring (bicyclic) bond motifs is 2. The molecule has 2 aliphatic rings. The Bertz CT molecular complexity index is 936. The first-order valence-electron chi connectivity index (χ1n) is 10.2. The van der Waals surface area contributed by atoms with Gasteiger partial charge >= 0.3 is 0 Å². The van der Waals surface area contributed by atoms with Crippen molar-refractivity contribution < 1.29 is 33.5 Å². The lowest BCUT2D eigenvalue weighted by molar-refractivity contribution is 0.107. The minimum absolute atomic E-state index is 0.0673. The number of likely N-dealkylation sites (N-methyl/N-ethyl adjacent to an activating group) is 1. The third kappa shape index (κ3) is 3.70. The Labute approximate surface area is 182 Å². The number of benzene rings is 2. The molecule has 0 aromatic heterocycles.